The number of aliphatic hydroxyl groups is 1. The molecule has 0 aliphatic heterocycles. The Morgan fingerprint density at radius 1 is 1.17 bits per heavy atom. The number of hydrogen-bond donors (Lipinski definition) is 1. The van der Waals surface area contributed by atoms with Gasteiger partial charge in [0.25, 0.3) is 0 Å². The van der Waals surface area contributed by atoms with Crippen molar-refractivity contribution in [2.24, 2.45) is 0 Å². The molecule has 0 saturated heterocycles. The maximum Gasteiger partial charge on any atom is 0.0844 e. The Kier molecular flexibility index (Phi) is 5.06. The molecule has 0 amide bonds. The number of halogens is 3. The average Bonchev–Trinajstić information content (AvgIpc) is 2.32. The zero-order valence-corrected chi connectivity index (χ0v) is 13.9. The summed E-state index contributed by atoms with van der Waals surface area (Å²) < 4.78 is 2.10. The molecule has 0 saturated carbocycles. The maximum atomic E-state index is 10.2. The molecule has 1 N–H and O–H groups in total. The standard InChI is InChI=1S/C14H11BrClIO/c15-10-3-6-12(13(16)8-10)14(18)7-9-1-4-11(17)5-2-9/h1-6,8,14,18H,7H2. The van der Waals surface area contributed by atoms with Crippen LogP contribution in [0.3, 0.4) is 0 Å². The van der Waals surface area contributed by atoms with Crippen molar-refractivity contribution in [1.82, 2.24) is 0 Å². The lowest BCUT2D eigenvalue weighted by Crippen LogP contribution is -2.02. The first-order valence-electron chi connectivity index (χ1n) is 5.44. The van der Waals surface area contributed by atoms with Crippen LogP contribution in [-0.4, -0.2) is 5.11 Å². The van der Waals surface area contributed by atoms with Gasteiger partial charge in [-0.05, 0) is 58.0 Å². The minimum absolute atomic E-state index is 0.568. The van der Waals surface area contributed by atoms with E-state index in [0.29, 0.717) is 11.4 Å². The first kappa shape index (κ1) is 14.3. The van der Waals surface area contributed by atoms with Gasteiger partial charge in [-0.2, -0.15) is 0 Å². The van der Waals surface area contributed by atoms with E-state index in [2.05, 4.69) is 38.5 Å². The highest BCUT2D eigenvalue weighted by atomic mass is 127. The fourth-order valence-electron chi connectivity index (χ4n) is 1.73. The monoisotopic (exact) mass is 436 g/mol. The van der Waals surface area contributed by atoms with Crippen LogP contribution < -0.4 is 0 Å². The molecule has 0 aliphatic rings. The summed E-state index contributed by atoms with van der Waals surface area (Å²) in [5, 5.41) is 10.8. The van der Waals surface area contributed by atoms with Crippen LogP contribution in [-0.2, 0) is 6.42 Å². The van der Waals surface area contributed by atoms with E-state index in [9.17, 15) is 5.11 Å². The zero-order chi connectivity index (χ0) is 13.1. The van der Waals surface area contributed by atoms with Gasteiger partial charge in [0.2, 0.25) is 0 Å². The van der Waals surface area contributed by atoms with Gasteiger partial charge in [0.05, 0.1) is 6.10 Å². The third-order valence-corrected chi connectivity index (χ3v) is 4.20. The van der Waals surface area contributed by atoms with Crippen molar-refractivity contribution < 1.29 is 5.11 Å². The second kappa shape index (κ2) is 6.37. The van der Waals surface area contributed by atoms with Crippen molar-refractivity contribution in [2.45, 2.75) is 12.5 Å². The normalized spacial score (nSPS) is 12.4. The van der Waals surface area contributed by atoms with E-state index in [-0.39, 0.29) is 0 Å². The first-order chi connectivity index (χ1) is 8.56. The van der Waals surface area contributed by atoms with Crippen LogP contribution in [0.25, 0.3) is 0 Å². The average molecular weight is 438 g/mol. The summed E-state index contributed by atoms with van der Waals surface area (Å²) in [5.41, 5.74) is 1.86. The van der Waals surface area contributed by atoms with Crippen molar-refractivity contribution in [3.8, 4) is 0 Å². The molecule has 2 rings (SSSR count). The lowest BCUT2D eigenvalue weighted by atomic mass is 10.0. The Balaban J connectivity index is 2.16. The highest BCUT2D eigenvalue weighted by Crippen LogP contribution is 2.28. The van der Waals surface area contributed by atoms with Crippen molar-refractivity contribution >= 4 is 50.1 Å². The van der Waals surface area contributed by atoms with E-state index >= 15 is 0 Å². The van der Waals surface area contributed by atoms with E-state index in [0.717, 1.165) is 15.6 Å². The molecule has 18 heavy (non-hydrogen) atoms. The quantitative estimate of drug-likeness (QED) is 0.672. The van der Waals surface area contributed by atoms with Crippen LogP contribution in [0.2, 0.25) is 5.02 Å². The molecule has 0 heterocycles. The molecule has 1 nitrogen and oxygen atoms in total. The van der Waals surface area contributed by atoms with Gasteiger partial charge in [-0.3, -0.25) is 0 Å². The van der Waals surface area contributed by atoms with Crippen LogP contribution in [0.1, 0.15) is 17.2 Å². The number of rotatable bonds is 3. The lowest BCUT2D eigenvalue weighted by molar-refractivity contribution is 0.178. The van der Waals surface area contributed by atoms with E-state index in [4.69, 9.17) is 11.6 Å². The van der Waals surface area contributed by atoms with Crippen LogP contribution in [0.4, 0.5) is 0 Å². The molecule has 94 valence electrons. The SMILES string of the molecule is OC(Cc1ccc(I)cc1)c1ccc(Br)cc1Cl. The second-order valence-electron chi connectivity index (χ2n) is 4.01. The summed E-state index contributed by atoms with van der Waals surface area (Å²) in [6.45, 7) is 0. The molecule has 0 bridgehead atoms. The Morgan fingerprint density at radius 3 is 2.44 bits per heavy atom. The molecule has 0 spiro atoms. The van der Waals surface area contributed by atoms with E-state index in [1.165, 1.54) is 3.57 Å². The molecule has 0 aliphatic carbocycles. The second-order valence-corrected chi connectivity index (χ2v) is 6.58. The predicted octanol–water partition coefficient (Wildman–Crippen LogP) is 4.98. The fourth-order valence-corrected chi connectivity index (χ4v) is 2.88. The largest absolute Gasteiger partial charge is 0.388 e. The van der Waals surface area contributed by atoms with Crippen LogP contribution in [0.15, 0.2) is 46.9 Å². The summed E-state index contributed by atoms with van der Waals surface area (Å²) >= 11 is 11.7. The first-order valence-corrected chi connectivity index (χ1v) is 7.68. The van der Waals surface area contributed by atoms with Gasteiger partial charge in [-0.15, -0.1) is 0 Å². The summed E-state index contributed by atoms with van der Waals surface area (Å²) in [5.74, 6) is 0. The predicted molar refractivity (Wildman–Crippen MR) is 87.0 cm³/mol. The van der Waals surface area contributed by atoms with E-state index in [1.54, 1.807) is 6.07 Å². The van der Waals surface area contributed by atoms with Crippen molar-refractivity contribution in [1.29, 1.82) is 0 Å². The molecule has 4 heteroatoms. The Bertz CT molecular complexity index is 542. The molecule has 0 aromatic heterocycles. The van der Waals surface area contributed by atoms with E-state index in [1.807, 2.05) is 36.4 Å². The van der Waals surface area contributed by atoms with Crippen LogP contribution >= 0.6 is 50.1 Å². The summed E-state index contributed by atoms with van der Waals surface area (Å²) in [6.07, 6.45) is -0.0104. The van der Waals surface area contributed by atoms with Crippen molar-refractivity contribution in [3.63, 3.8) is 0 Å². The molecule has 2 aromatic rings. The fraction of sp³-hybridized carbons (Fsp3) is 0.143. The molecule has 2 aromatic carbocycles. The zero-order valence-electron chi connectivity index (χ0n) is 9.41. The number of aliphatic hydroxyl groups excluding tert-OH is 1. The van der Waals surface area contributed by atoms with Gasteiger partial charge in [-0.25, -0.2) is 0 Å². The molecule has 0 radical (unpaired) electrons. The Labute approximate surface area is 133 Å². The van der Waals surface area contributed by atoms with E-state index < -0.39 is 6.10 Å². The molecular formula is C14H11BrClIO. The Morgan fingerprint density at radius 2 is 1.83 bits per heavy atom. The highest BCUT2D eigenvalue weighted by molar-refractivity contribution is 14.1. The summed E-state index contributed by atoms with van der Waals surface area (Å²) in [7, 11) is 0. The topological polar surface area (TPSA) is 20.2 Å². The molecule has 0 fully saturated rings. The highest BCUT2D eigenvalue weighted by Gasteiger charge is 2.12. The third-order valence-electron chi connectivity index (χ3n) is 2.66. The number of benzene rings is 2. The van der Waals surface area contributed by atoms with Gasteiger partial charge >= 0.3 is 0 Å². The lowest BCUT2D eigenvalue weighted by Gasteiger charge is -2.13. The number of hydrogen-bond acceptors (Lipinski definition) is 1. The van der Waals surface area contributed by atoms with Gasteiger partial charge < -0.3 is 5.11 Å². The van der Waals surface area contributed by atoms with Gasteiger partial charge in [0, 0.05) is 19.5 Å². The van der Waals surface area contributed by atoms with Gasteiger partial charge in [0.1, 0.15) is 0 Å². The maximum absolute atomic E-state index is 10.2. The summed E-state index contributed by atoms with van der Waals surface area (Å²) in [6, 6.07) is 13.7. The molecule has 1 atom stereocenters. The van der Waals surface area contributed by atoms with Crippen molar-refractivity contribution in [2.75, 3.05) is 0 Å². The van der Waals surface area contributed by atoms with Crippen LogP contribution in [0, 0.1) is 3.57 Å². The minimum atomic E-state index is -0.578. The van der Waals surface area contributed by atoms with Gasteiger partial charge in [-0.1, -0.05) is 45.7 Å². The summed E-state index contributed by atoms with van der Waals surface area (Å²) in [4.78, 5) is 0. The van der Waals surface area contributed by atoms with Gasteiger partial charge in [0.15, 0.2) is 0 Å². The van der Waals surface area contributed by atoms with Crippen LogP contribution in [0.5, 0.6) is 0 Å². The minimum Gasteiger partial charge on any atom is -0.388 e. The third kappa shape index (κ3) is 3.70. The molecule has 1 unspecified atom stereocenters. The molecular weight excluding hydrogens is 426 g/mol. The smallest absolute Gasteiger partial charge is 0.0844 e. The van der Waals surface area contributed by atoms with Crippen molar-refractivity contribution in [3.05, 3.63) is 66.7 Å². The Hall–Kier alpha value is -0.100.